The molecule has 3 aliphatic carbocycles. The maximum atomic E-state index is 14.7. The monoisotopic (exact) mass is 369 g/mol. The van der Waals surface area contributed by atoms with E-state index in [1.165, 1.54) is 0 Å². The van der Waals surface area contributed by atoms with Gasteiger partial charge in [0.05, 0.1) is 12.5 Å². The third-order valence-corrected chi connectivity index (χ3v) is 5.96. The third-order valence-electron chi connectivity index (χ3n) is 5.96. The van der Waals surface area contributed by atoms with E-state index in [9.17, 15) is 23.6 Å². The molecule has 3 rings (SSSR count). The van der Waals surface area contributed by atoms with Crippen molar-refractivity contribution in [2.75, 3.05) is 13.2 Å². The summed E-state index contributed by atoms with van der Waals surface area (Å²) in [5.74, 6) is 4.03. The van der Waals surface area contributed by atoms with Crippen molar-refractivity contribution < 1.29 is 28.3 Å². The zero-order valence-electron chi connectivity index (χ0n) is 14.8. The van der Waals surface area contributed by atoms with Crippen LogP contribution in [0.3, 0.4) is 0 Å². The van der Waals surface area contributed by atoms with Crippen LogP contribution < -0.4 is 5.84 Å². The molecule has 2 N–H and O–H groups in total. The summed E-state index contributed by atoms with van der Waals surface area (Å²) in [6.45, 7) is 1.44. The summed E-state index contributed by atoms with van der Waals surface area (Å²) in [4.78, 5) is 49.3. The molecule has 3 aliphatic rings. The van der Waals surface area contributed by atoms with Gasteiger partial charge in [0.15, 0.2) is 0 Å². The van der Waals surface area contributed by atoms with Crippen molar-refractivity contribution in [1.82, 2.24) is 9.91 Å². The van der Waals surface area contributed by atoms with Gasteiger partial charge in [0.1, 0.15) is 11.2 Å². The van der Waals surface area contributed by atoms with Gasteiger partial charge in [0, 0.05) is 6.54 Å². The number of amides is 3. The van der Waals surface area contributed by atoms with E-state index in [0.29, 0.717) is 24.3 Å². The summed E-state index contributed by atoms with van der Waals surface area (Å²) in [5.41, 5.74) is -2.76. The molecule has 0 spiro atoms. The molecule has 26 heavy (non-hydrogen) atoms. The van der Waals surface area contributed by atoms with E-state index in [1.807, 2.05) is 0 Å². The topological polar surface area (TPSA) is 110 Å². The van der Waals surface area contributed by atoms with Crippen LogP contribution in [0.4, 0.5) is 14.0 Å². The van der Waals surface area contributed by atoms with Gasteiger partial charge in [0.2, 0.25) is 11.6 Å². The predicted octanol–water partition coefficient (Wildman–Crippen LogP) is 1.71. The fourth-order valence-corrected chi connectivity index (χ4v) is 4.21. The number of nitrogens with zero attached hydrogens (tertiary/aromatic N) is 2. The smallest absolute Gasteiger partial charge is 0.418 e. The molecule has 9 heteroatoms. The molecule has 0 saturated heterocycles. The zero-order chi connectivity index (χ0) is 19.1. The molecule has 0 aromatic heterocycles. The Kier molecular flexibility index (Phi) is 4.76. The standard InChI is InChI=1S/C17H24FN3O5/c1-2-26-15(25)20(10-9-16(18)6-3-4-7-16)14(24)21(19)17-8-5-11(17)12(22)13(17)23/h11H,2-10,19H2,1H3. The van der Waals surface area contributed by atoms with Crippen LogP contribution >= 0.6 is 0 Å². The number of hydrazine groups is 1. The van der Waals surface area contributed by atoms with Crippen LogP contribution in [0.5, 0.6) is 0 Å². The summed E-state index contributed by atoms with van der Waals surface area (Å²) >= 11 is 0. The van der Waals surface area contributed by atoms with Crippen LogP contribution in [0.2, 0.25) is 0 Å². The normalized spacial score (nSPS) is 28.7. The van der Waals surface area contributed by atoms with Gasteiger partial charge in [0.25, 0.3) is 0 Å². The number of alkyl halides is 1. The fourth-order valence-electron chi connectivity index (χ4n) is 4.21. The minimum absolute atomic E-state index is 0.00526. The molecule has 0 heterocycles. The Hall–Kier alpha value is -2.03. The Morgan fingerprint density at radius 1 is 1.27 bits per heavy atom. The predicted molar refractivity (Wildman–Crippen MR) is 87.5 cm³/mol. The molecule has 2 unspecified atom stereocenters. The summed E-state index contributed by atoms with van der Waals surface area (Å²) in [5, 5.41) is 0.682. The van der Waals surface area contributed by atoms with Gasteiger partial charge in [-0.15, -0.1) is 0 Å². The summed E-state index contributed by atoms with van der Waals surface area (Å²) < 4.78 is 19.5. The number of rotatable bonds is 5. The number of halogens is 1. The number of carbonyl (C=O) groups is 4. The number of hydrogen-bond donors (Lipinski definition) is 1. The molecule has 0 aromatic carbocycles. The van der Waals surface area contributed by atoms with Crippen LogP contribution in [0, 0.1) is 5.92 Å². The van der Waals surface area contributed by atoms with Crippen LogP contribution in [0.15, 0.2) is 0 Å². The molecule has 8 nitrogen and oxygen atoms in total. The molecule has 144 valence electrons. The number of Topliss-reactive ketones (excluding diaryl/α,β-unsaturated/α-hetero) is 2. The third kappa shape index (κ3) is 2.69. The van der Waals surface area contributed by atoms with E-state index in [0.717, 1.165) is 17.7 Å². The summed E-state index contributed by atoms with van der Waals surface area (Å²) in [6, 6.07) is -0.935. The number of ether oxygens (including phenoxy) is 1. The fraction of sp³-hybridized carbons (Fsp3) is 0.765. The van der Waals surface area contributed by atoms with Crippen LogP contribution in [-0.4, -0.2) is 58.0 Å². The Morgan fingerprint density at radius 2 is 1.92 bits per heavy atom. The van der Waals surface area contributed by atoms with Crippen molar-refractivity contribution >= 4 is 23.7 Å². The van der Waals surface area contributed by atoms with E-state index in [2.05, 4.69) is 0 Å². The Labute approximate surface area is 150 Å². The highest BCUT2D eigenvalue weighted by atomic mass is 19.1. The van der Waals surface area contributed by atoms with E-state index >= 15 is 0 Å². The van der Waals surface area contributed by atoms with Gasteiger partial charge in [-0.1, -0.05) is 12.8 Å². The number of nitrogens with two attached hydrogens (primary N) is 1. The average molecular weight is 369 g/mol. The first-order valence-corrected chi connectivity index (χ1v) is 9.07. The van der Waals surface area contributed by atoms with Crippen molar-refractivity contribution in [3.05, 3.63) is 0 Å². The lowest BCUT2D eigenvalue weighted by atomic mass is 9.51. The molecule has 3 amide bonds. The molecule has 3 saturated carbocycles. The van der Waals surface area contributed by atoms with Crippen molar-refractivity contribution in [3.8, 4) is 0 Å². The largest absolute Gasteiger partial charge is 0.449 e. The Balaban J connectivity index is 1.73. The maximum Gasteiger partial charge on any atom is 0.418 e. The van der Waals surface area contributed by atoms with Crippen molar-refractivity contribution in [2.24, 2.45) is 11.8 Å². The second-order valence-corrected chi connectivity index (χ2v) is 7.32. The highest BCUT2D eigenvalue weighted by Gasteiger charge is 2.71. The van der Waals surface area contributed by atoms with Gasteiger partial charge in [-0.2, -0.15) is 0 Å². The average Bonchev–Trinajstić information content (AvgIpc) is 3.01. The molecule has 0 aromatic rings. The van der Waals surface area contributed by atoms with E-state index in [1.54, 1.807) is 6.92 Å². The first kappa shape index (κ1) is 18.8. The quantitative estimate of drug-likeness (QED) is 0.342. The summed E-state index contributed by atoms with van der Waals surface area (Å²) in [7, 11) is 0. The number of imide groups is 1. The number of fused-ring (bicyclic) bond motifs is 1. The Morgan fingerprint density at radius 3 is 2.42 bits per heavy atom. The first-order chi connectivity index (χ1) is 12.3. The molecule has 2 atom stereocenters. The maximum absolute atomic E-state index is 14.7. The highest BCUT2D eigenvalue weighted by molar-refractivity contribution is 6.50. The van der Waals surface area contributed by atoms with Gasteiger partial charge in [-0.25, -0.2) is 29.7 Å². The lowest BCUT2D eigenvalue weighted by molar-refractivity contribution is -0.174. The SMILES string of the molecule is CCOC(=O)N(CCC1(F)CCCC1)C(=O)N(N)C12CCC1C(=O)C2=O. The number of carbonyl (C=O) groups excluding carboxylic acids is 4. The van der Waals surface area contributed by atoms with E-state index in [-0.39, 0.29) is 26.0 Å². The minimum Gasteiger partial charge on any atom is -0.449 e. The first-order valence-electron chi connectivity index (χ1n) is 9.07. The zero-order valence-corrected chi connectivity index (χ0v) is 14.8. The molecule has 3 fully saturated rings. The van der Waals surface area contributed by atoms with Crippen molar-refractivity contribution in [3.63, 3.8) is 0 Å². The number of ketones is 2. The Bertz CT molecular complexity index is 648. The molecular weight excluding hydrogens is 345 g/mol. The van der Waals surface area contributed by atoms with Crippen molar-refractivity contribution in [2.45, 2.75) is 63.1 Å². The molecule has 0 bridgehead atoms. The second kappa shape index (κ2) is 6.61. The molecular formula is C17H24FN3O5. The number of urea groups is 1. The van der Waals surface area contributed by atoms with Gasteiger partial charge in [-0.05, 0) is 39.0 Å². The van der Waals surface area contributed by atoms with Gasteiger partial charge >= 0.3 is 12.1 Å². The van der Waals surface area contributed by atoms with Crippen molar-refractivity contribution in [1.29, 1.82) is 0 Å². The molecule has 0 radical (unpaired) electrons. The lowest BCUT2D eigenvalue weighted by Gasteiger charge is -2.57. The van der Waals surface area contributed by atoms with Crippen LogP contribution in [0.25, 0.3) is 0 Å². The highest BCUT2D eigenvalue weighted by Crippen LogP contribution is 2.52. The van der Waals surface area contributed by atoms with E-state index in [4.69, 9.17) is 10.6 Å². The van der Waals surface area contributed by atoms with Crippen LogP contribution in [0.1, 0.15) is 51.9 Å². The summed E-state index contributed by atoms with van der Waals surface area (Å²) in [6.07, 6.45) is 2.16. The number of hydrogen-bond acceptors (Lipinski definition) is 6. The van der Waals surface area contributed by atoms with Crippen LogP contribution in [-0.2, 0) is 14.3 Å². The molecule has 0 aliphatic heterocycles. The van der Waals surface area contributed by atoms with Gasteiger partial charge in [-0.3, -0.25) is 9.59 Å². The van der Waals surface area contributed by atoms with E-state index < -0.39 is 40.8 Å². The van der Waals surface area contributed by atoms with Gasteiger partial charge < -0.3 is 4.74 Å². The second-order valence-electron chi connectivity index (χ2n) is 7.32. The minimum atomic E-state index is -1.41. The lowest BCUT2D eigenvalue weighted by Crippen LogP contribution is -2.81.